The molecule has 0 fully saturated rings. The molecule has 0 aliphatic rings. The highest BCUT2D eigenvalue weighted by Gasteiger charge is 2.33. The molecule has 2 rings (SSSR count). The van der Waals surface area contributed by atoms with Gasteiger partial charge in [-0.15, -0.1) is 0 Å². The van der Waals surface area contributed by atoms with Crippen LogP contribution in [-0.2, 0) is 5.60 Å². The Hall–Kier alpha value is -1.60. The molecule has 0 bridgehead atoms. The predicted octanol–water partition coefficient (Wildman–Crippen LogP) is 9.80. The molecule has 1 N–H and O–H groups in total. The second-order valence-electron chi connectivity index (χ2n) is 10.2. The van der Waals surface area contributed by atoms with Crippen molar-refractivity contribution in [2.45, 2.75) is 129 Å². The van der Waals surface area contributed by atoms with Gasteiger partial charge in [0.15, 0.2) is 0 Å². The lowest BCUT2D eigenvalue weighted by atomic mass is 9.78. The fraction of sp³-hybridized carbons (Fsp3) is 0.625. The maximum Gasteiger partial charge on any atom is 0.115 e. The SMILES string of the molecule is CCCCCCCCCCCCCCCCCC(O)(c1ccccc1C)c1ccccc1C. The molecule has 0 spiro atoms. The first-order chi connectivity index (χ1) is 16.1. The average molecular weight is 451 g/mol. The first kappa shape index (κ1) is 27.6. The molecule has 0 unspecified atom stereocenters. The molecule has 0 heterocycles. The molecule has 0 saturated carbocycles. The molecule has 2 aromatic carbocycles. The van der Waals surface area contributed by atoms with Crippen LogP contribution in [0.15, 0.2) is 48.5 Å². The van der Waals surface area contributed by atoms with Gasteiger partial charge < -0.3 is 5.11 Å². The Kier molecular flexibility index (Phi) is 13.5. The zero-order valence-electron chi connectivity index (χ0n) is 21.9. The predicted molar refractivity (Wildman–Crippen MR) is 145 cm³/mol. The fourth-order valence-corrected chi connectivity index (χ4v) is 5.24. The molecule has 0 aliphatic heterocycles. The van der Waals surface area contributed by atoms with Crippen LogP contribution in [0.3, 0.4) is 0 Å². The van der Waals surface area contributed by atoms with Crippen LogP contribution < -0.4 is 0 Å². The summed E-state index contributed by atoms with van der Waals surface area (Å²) < 4.78 is 0. The second-order valence-corrected chi connectivity index (χ2v) is 10.2. The van der Waals surface area contributed by atoms with Crippen molar-refractivity contribution in [2.75, 3.05) is 0 Å². The lowest BCUT2D eigenvalue weighted by Crippen LogP contribution is -2.29. The highest BCUT2D eigenvalue weighted by Crippen LogP contribution is 2.38. The van der Waals surface area contributed by atoms with Gasteiger partial charge in [0.25, 0.3) is 0 Å². The van der Waals surface area contributed by atoms with E-state index in [-0.39, 0.29) is 0 Å². The van der Waals surface area contributed by atoms with E-state index in [4.69, 9.17) is 0 Å². The number of unbranched alkanes of at least 4 members (excludes halogenated alkanes) is 14. The summed E-state index contributed by atoms with van der Waals surface area (Å²) in [5, 5.41) is 11.9. The van der Waals surface area contributed by atoms with Crippen molar-refractivity contribution in [3.8, 4) is 0 Å². The topological polar surface area (TPSA) is 20.2 Å². The number of aliphatic hydroxyl groups is 1. The summed E-state index contributed by atoms with van der Waals surface area (Å²) in [6.07, 6.45) is 21.2. The van der Waals surface area contributed by atoms with Gasteiger partial charge in [-0.3, -0.25) is 0 Å². The van der Waals surface area contributed by atoms with E-state index >= 15 is 0 Å². The van der Waals surface area contributed by atoms with Gasteiger partial charge >= 0.3 is 0 Å². The quantitative estimate of drug-likeness (QED) is 0.224. The number of benzene rings is 2. The molecule has 1 heteroatoms. The molecular formula is C32H50O. The Morgan fingerprint density at radius 1 is 0.515 bits per heavy atom. The van der Waals surface area contributed by atoms with E-state index in [9.17, 15) is 5.11 Å². The van der Waals surface area contributed by atoms with E-state index in [2.05, 4.69) is 69.3 Å². The Bertz CT molecular complexity index is 717. The van der Waals surface area contributed by atoms with Gasteiger partial charge in [0.05, 0.1) is 0 Å². The van der Waals surface area contributed by atoms with Gasteiger partial charge in [0.2, 0.25) is 0 Å². The number of hydrogen-bond donors (Lipinski definition) is 1. The van der Waals surface area contributed by atoms with Crippen LogP contribution in [0, 0.1) is 13.8 Å². The standard InChI is InChI=1S/C32H50O/c1-4-5-6-7-8-9-10-11-12-13-14-15-16-17-22-27-32(33,30-25-20-18-23-28(30)2)31-26-21-19-24-29(31)3/h18-21,23-26,33H,4-17,22,27H2,1-3H3. The molecule has 0 saturated heterocycles. The maximum absolute atomic E-state index is 11.9. The third kappa shape index (κ3) is 9.65. The molecule has 33 heavy (non-hydrogen) atoms. The molecular weight excluding hydrogens is 400 g/mol. The zero-order valence-corrected chi connectivity index (χ0v) is 21.9. The molecule has 0 atom stereocenters. The van der Waals surface area contributed by atoms with Gasteiger partial charge in [-0.05, 0) is 48.9 Å². The second kappa shape index (κ2) is 16.1. The first-order valence-corrected chi connectivity index (χ1v) is 13.9. The lowest BCUT2D eigenvalue weighted by molar-refractivity contribution is 0.0666. The molecule has 0 aromatic heterocycles. The van der Waals surface area contributed by atoms with E-state index in [1.165, 1.54) is 101 Å². The van der Waals surface area contributed by atoms with Gasteiger partial charge in [-0.1, -0.05) is 145 Å². The normalized spacial score (nSPS) is 11.8. The zero-order chi connectivity index (χ0) is 23.8. The van der Waals surface area contributed by atoms with Crippen molar-refractivity contribution >= 4 is 0 Å². The first-order valence-electron chi connectivity index (χ1n) is 13.9. The van der Waals surface area contributed by atoms with Gasteiger partial charge in [0.1, 0.15) is 5.60 Å². The molecule has 0 radical (unpaired) electrons. The molecule has 184 valence electrons. The minimum atomic E-state index is -0.896. The fourth-order valence-electron chi connectivity index (χ4n) is 5.24. The van der Waals surface area contributed by atoms with Crippen molar-refractivity contribution in [3.05, 3.63) is 70.8 Å². The minimum Gasteiger partial charge on any atom is -0.380 e. The van der Waals surface area contributed by atoms with Gasteiger partial charge in [0, 0.05) is 0 Å². The maximum atomic E-state index is 11.9. The number of aryl methyl sites for hydroxylation is 2. The van der Waals surface area contributed by atoms with Crippen LogP contribution in [-0.4, -0.2) is 5.11 Å². The Morgan fingerprint density at radius 3 is 1.21 bits per heavy atom. The Labute approximate surface area is 205 Å². The van der Waals surface area contributed by atoms with Crippen molar-refractivity contribution in [2.24, 2.45) is 0 Å². The van der Waals surface area contributed by atoms with Crippen LogP contribution in [0.5, 0.6) is 0 Å². The highest BCUT2D eigenvalue weighted by atomic mass is 16.3. The smallest absolute Gasteiger partial charge is 0.115 e. The third-order valence-electron chi connectivity index (χ3n) is 7.32. The minimum absolute atomic E-state index is 0.793. The van der Waals surface area contributed by atoms with Gasteiger partial charge in [-0.2, -0.15) is 0 Å². The summed E-state index contributed by atoms with van der Waals surface area (Å²) in [7, 11) is 0. The van der Waals surface area contributed by atoms with Crippen LogP contribution in [0.2, 0.25) is 0 Å². The molecule has 0 amide bonds. The monoisotopic (exact) mass is 450 g/mol. The van der Waals surface area contributed by atoms with Crippen molar-refractivity contribution in [1.29, 1.82) is 0 Å². The summed E-state index contributed by atoms with van der Waals surface area (Å²) in [4.78, 5) is 0. The summed E-state index contributed by atoms with van der Waals surface area (Å²) in [5.41, 5.74) is 3.57. The summed E-state index contributed by atoms with van der Waals surface area (Å²) >= 11 is 0. The average Bonchev–Trinajstić information content (AvgIpc) is 2.82. The largest absolute Gasteiger partial charge is 0.380 e. The van der Waals surface area contributed by atoms with E-state index in [1.54, 1.807) is 0 Å². The Balaban J connectivity index is 1.66. The van der Waals surface area contributed by atoms with Crippen molar-refractivity contribution in [1.82, 2.24) is 0 Å². The summed E-state index contributed by atoms with van der Waals surface area (Å²) in [6.45, 7) is 6.52. The molecule has 0 aliphatic carbocycles. The van der Waals surface area contributed by atoms with Crippen LogP contribution in [0.25, 0.3) is 0 Å². The molecule has 2 aromatic rings. The number of hydrogen-bond acceptors (Lipinski definition) is 1. The van der Waals surface area contributed by atoms with E-state index in [0.29, 0.717) is 0 Å². The third-order valence-corrected chi connectivity index (χ3v) is 7.32. The molecule has 1 nitrogen and oxygen atoms in total. The van der Waals surface area contributed by atoms with Crippen LogP contribution in [0.4, 0.5) is 0 Å². The number of rotatable bonds is 18. The van der Waals surface area contributed by atoms with Crippen LogP contribution in [0.1, 0.15) is 132 Å². The van der Waals surface area contributed by atoms with E-state index in [0.717, 1.165) is 24.0 Å². The van der Waals surface area contributed by atoms with Crippen molar-refractivity contribution in [3.63, 3.8) is 0 Å². The lowest BCUT2D eigenvalue weighted by Gasteiger charge is -2.32. The van der Waals surface area contributed by atoms with Crippen LogP contribution >= 0.6 is 0 Å². The van der Waals surface area contributed by atoms with E-state index < -0.39 is 5.60 Å². The van der Waals surface area contributed by atoms with E-state index in [1.807, 2.05) is 0 Å². The van der Waals surface area contributed by atoms with Gasteiger partial charge in [-0.25, -0.2) is 0 Å². The summed E-state index contributed by atoms with van der Waals surface area (Å²) in [6, 6.07) is 16.7. The van der Waals surface area contributed by atoms with Crippen molar-refractivity contribution < 1.29 is 5.11 Å². The summed E-state index contributed by atoms with van der Waals surface area (Å²) in [5.74, 6) is 0. The Morgan fingerprint density at radius 2 is 0.848 bits per heavy atom. The highest BCUT2D eigenvalue weighted by molar-refractivity contribution is 5.43.